The Labute approximate surface area is 116 Å². The molecule has 0 aliphatic rings. The van der Waals surface area contributed by atoms with E-state index in [4.69, 9.17) is 0 Å². The molecule has 4 N–H and O–H groups in total. The van der Waals surface area contributed by atoms with Crippen molar-refractivity contribution >= 4 is 17.0 Å². The van der Waals surface area contributed by atoms with Crippen molar-refractivity contribution in [3.63, 3.8) is 0 Å². The number of rotatable bonds is 5. The standard InChI is InChI=1S/C14H19N3O3/c1-7(2)12(13(18)19)15-8(3)9-4-5-10-11(6-9)17-14(20)16-10/h4-8,12,15H,1-3H3,(H,18,19)(H2,16,17,20). The average molecular weight is 277 g/mol. The van der Waals surface area contributed by atoms with Crippen LogP contribution in [0.3, 0.4) is 0 Å². The first-order chi connectivity index (χ1) is 9.38. The van der Waals surface area contributed by atoms with Gasteiger partial charge in [0.2, 0.25) is 0 Å². The van der Waals surface area contributed by atoms with Crippen molar-refractivity contribution in [3.8, 4) is 0 Å². The number of hydrogen-bond donors (Lipinski definition) is 4. The zero-order valence-corrected chi connectivity index (χ0v) is 11.7. The smallest absolute Gasteiger partial charge is 0.323 e. The molecule has 1 heterocycles. The average Bonchev–Trinajstić information content (AvgIpc) is 2.73. The van der Waals surface area contributed by atoms with Crippen LogP contribution < -0.4 is 11.0 Å². The Bertz CT molecular complexity index is 672. The summed E-state index contributed by atoms with van der Waals surface area (Å²) in [4.78, 5) is 27.8. The van der Waals surface area contributed by atoms with E-state index in [1.807, 2.05) is 39.0 Å². The van der Waals surface area contributed by atoms with E-state index in [9.17, 15) is 14.7 Å². The van der Waals surface area contributed by atoms with Crippen LogP contribution >= 0.6 is 0 Å². The number of fused-ring (bicyclic) bond motifs is 1. The summed E-state index contributed by atoms with van der Waals surface area (Å²) in [6.07, 6.45) is 0. The third-order valence-electron chi connectivity index (χ3n) is 3.40. The molecule has 1 aromatic heterocycles. The lowest BCUT2D eigenvalue weighted by Gasteiger charge is -2.23. The van der Waals surface area contributed by atoms with Gasteiger partial charge in [-0.2, -0.15) is 0 Å². The van der Waals surface area contributed by atoms with Gasteiger partial charge in [0, 0.05) is 6.04 Å². The van der Waals surface area contributed by atoms with E-state index < -0.39 is 12.0 Å². The fraction of sp³-hybridized carbons (Fsp3) is 0.429. The van der Waals surface area contributed by atoms with Gasteiger partial charge in [-0.25, -0.2) is 4.79 Å². The predicted octanol–water partition coefficient (Wildman–Crippen LogP) is 1.62. The normalized spacial score (nSPS) is 14.6. The summed E-state index contributed by atoms with van der Waals surface area (Å²) in [7, 11) is 0. The van der Waals surface area contributed by atoms with Gasteiger partial charge in [0.15, 0.2) is 0 Å². The Balaban J connectivity index is 2.23. The number of nitrogens with one attached hydrogen (secondary N) is 3. The van der Waals surface area contributed by atoms with Crippen LogP contribution in [0.5, 0.6) is 0 Å². The summed E-state index contributed by atoms with van der Waals surface area (Å²) in [5.41, 5.74) is 2.14. The van der Waals surface area contributed by atoms with Crippen LogP contribution in [0.15, 0.2) is 23.0 Å². The van der Waals surface area contributed by atoms with Gasteiger partial charge < -0.3 is 15.1 Å². The van der Waals surface area contributed by atoms with Crippen LogP contribution in [0.1, 0.15) is 32.4 Å². The topological polar surface area (TPSA) is 98.0 Å². The van der Waals surface area contributed by atoms with Gasteiger partial charge in [0.25, 0.3) is 0 Å². The molecule has 0 spiro atoms. The van der Waals surface area contributed by atoms with E-state index in [1.54, 1.807) is 0 Å². The minimum Gasteiger partial charge on any atom is -0.480 e. The molecule has 20 heavy (non-hydrogen) atoms. The number of H-pyrrole nitrogens is 2. The fourth-order valence-corrected chi connectivity index (χ4v) is 2.23. The van der Waals surface area contributed by atoms with Crippen molar-refractivity contribution in [3.05, 3.63) is 34.2 Å². The highest BCUT2D eigenvalue weighted by molar-refractivity contribution is 5.75. The Hall–Kier alpha value is -2.08. The van der Waals surface area contributed by atoms with Crippen LogP contribution in [0.2, 0.25) is 0 Å². The molecule has 2 rings (SSSR count). The van der Waals surface area contributed by atoms with Gasteiger partial charge in [-0.05, 0) is 30.5 Å². The Morgan fingerprint density at radius 3 is 2.45 bits per heavy atom. The van der Waals surface area contributed by atoms with Crippen LogP contribution in [0, 0.1) is 5.92 Å². The monoisotopic (exact) mass is 277 g/mol. The Morgan fingerprint density at radius 2 is 1.85 bits per heavy atom. The lowest BCUT2D eigenvalue weighted by molar-refractivity contribution is -0.140. The molecule has 0 aliphatic carbocycles. The van der Waals surface area contributed by atoms with E-state index >= 15 is 0 Å². The molecule has 6 nitrogen and oxygen atoms in total. The summed E-state index contributed by atoms with van der Waals surface area (Å²) in [6.45, 7) is 5.64. The summed E-state index contributed by atoms with van der Waals surface area (Å²) in [6, 6.07) is 4.81. The maximum Gasteiger partial charge on any atom is 0.323 e. The number of aliphatic carboxylic acids is 1. The fourth-order valence-electron chi connectivity index (χ4n) is 2.23. The number of benzene rings is 1. The molecule has 108 valence electrons. The second-order valence-corrected chi connectivity index (χ2v) is 5.33. The maximum atomic E-state index is 11.2. The molecule has 2 atom stereocenters. The van der Waals surface area contributed by atoms with Crippen molar-refractivity contribution in [1.29, 1.82) is 0 Å². The molecule has 0 bridgehead atoms. The largest absolute Gasteiger partial charge is 0.480 e. The molecular formula is C14H19N3O3. The van der Waals surface area contributed by atoms with Crippen molar-refractivity contribution < 1.29 is 9.90 Å². The molecule has 0 radical (unpaired) electrons. The first-order valence-electron chi connectivity index (χ1n) is 6.59. The van der Waals surface area contributed by atoms with E-state index in [-0.39, 0.29) is 17.6 Å². The number of aromatic amines is 2. The van der Waals surface area contributed by atoms with Crippen LogP contribution in [0.4, 0.5) is 0 Å². The van der Waals surface area contributed by atoms with Crippen LogP contribution in [-0.2, 0) is 4.79 Å². The number of hydrogen-bond acceptors (Lipinski definition) is 3. The van der Waals surface area contributed by atoms with Gasteiger partial charge in [-0.1, -0.05) is 19.9 Å². The van der Waals surface area contributed by atoms with Gasteiger partial charge in [0.05, 0.1) is 11.0 Å². The molecule has 2 unspecified atom stereocenters. The molecule has 0 saturated heterocycles. The molecule has 0 amide bonds. The summed E-state index contributed by atoms with van der Waals surface area (Å²) in [5.74, 6) is -0.867. The molecular weight excluding hydrogens is 258 g/mol. The Kier molecular flexibility index (Phi) is 3.94. The lowest BCUT2D eigenvalue weighted by atomic mass is 10.0. The minimum absolute atomic E-state index is 0.00857. The molecule has 6 heteroatoms. The van der Waals surface area contributed by atoms with Crippen molar-refractivity contribution in [2.75, 3.05) is 0 Å². The maximum absolute atomic E-state index is 11.2. The SMILES string of the molecule is CC(NC(C(=O)O)C(C)C)c1ccc2[nH]c(=O)[nH]c2c1. The summed E-state index contributed by atoms with van der Waals surface area (Å²) in [5, 5.41) is 12.3. The molecule has 2 aromatic rings. The second kappa shape index (κ2) is 5.50. The molecule has 0 fully saturated rings. The third-order valence-corrected chi connectivity index (χ3v) is 3.40. The van der Waals surface area contributed by atoms with Gasteiger partial charge in [0.1, 0.15) is 6.04 Å². The minimum atomic E-state index is -0.858. The summed E-state index contributed by atoms with van der Waals surface area (Å²) >= 11 is 0. The number of carbonyl (C=O) groups is 1. The highest BCUT2D eigenvalue weighted by Gasteiger charge is 2.23. The third kappa shape index (κ3) is 2.91. The van der Waals surface area contributed by atoms with Crippen molar-refractivity contribution in [2.24, 2.45) is 5.92 Å². The molecule has 0 aliphatic heterocycles. The quantitative estimate of drug-likeness (QED) is 0.667. The zero-order valence-electron chi connectivity index (χ0n) is 11.7. The predicted molar refractivity (Wildman–Crippen MR) is 76.7 cm³/mol. The first-order valence-corrected chi connectivity index (χ1v) is 6.59. The van der Waals surface area contributed by atoms with E-state index in [0.29, 0.717) is 0 Å². The van der Waals surface area contributed by atoms with Crippen molar-refractivity contribution in [2.45, 2.75) is 32.9 Å². The summed E-state index contributed by atoms with van der Waals surface area (Å²) < 4.78 is 0. The van der Waals surface area contributed by atoms with Crippen molar-refractivity contribution in [1.82, 2.24) is 15.3 Å². The van der Waals surface area contributed by atoms with Crippen LogP contribution in [-0.4, -0.2) is 27.1 Å². The molecule has 1 aromatic carbocycles. The van der Waals surface area contributed by atoms with Crippen LogP contribution in [0.25, 0.3) is 11.0 Å². The van der Waals surface area contributed by atoms with Gasteiger partial charge >= 0.3 is 11.7 Å². The van der Waals surface area contributed by atoms with E-state index in [0.717, 1.165) is 16.6 Å². The zero-order chi connectivity index (χ0) is 14.9. The number of imidazole rings is 1. The Morgan fingerprint density at radius 1 is 1.20 bits per heavy atom. The highest BCUT2D eigenvalue weighted by atomic mass is 16.4. The van der Waals surface area contributed by atoms with Gasteiger partial charge in [-0.15, -0.1) is 0 Å². The van der Waals surface area contributed by atoms with Gasteiger partial charge in [-0.3, -0.25) is 10.1 Å². The molecule has 0 saturated carbocycles. The highest BCUT2D eigenvalue weighted by Crippen LogP contribution is 2.18. The number of carboxylic acid groups (broad SMARTS) is 1. The number of aromatic nitrogens is 2. The van der Waals surface area contributed by atoms with E-state index in [2.05, 4.69) is 15.3 Å². The second-order valence-electron chi connectivity index (χ2n) is 5.33. The van der Waals surface area contributed by atoms with E-state index in [1.165, 1.54) is 0 Å². The first kappa shape index (κ1) is 14.3. The number of carboxylic acids is 1. The lowest BCUT2D eigenvalue weighted by Crippen LogP contribution is -2.42.